The number of hydrogen-bond donors (Lipinski definition) is 0. The number of fused-ring (bicyclic) bond motifs is 11. The second kappa shape index (κ2) is 12.1. The van der Waals surface area contributed by atoms with Gasteiger partial charge in [-0.2, -0.15) is 0 Å². The first-order valence-electron chi connectivity index (χ1n) is 19.9. The molecule has 2 aliphatic rings. The number of aryl methyl sites for hydroxylation is 2. The van der Waals surface area contributed by atoms with Crippen LogP contribution in [0.1, 0.15) is 60.9 Å². The fraction of sp³-hybridized carbons (Fsp3) is 0.154. The van der Waals surface area contributed by atoms with Crippen molar-refractivity contribution in [1.29, 1.82) is 0 Å². The Bertz CT molecular complexity index is 3020. The zero-order valence-electron chi connectivity index (χ0n) is 31.6. The zero-order chi connectivity index (χ0) is 36.8. The number of furan rings is 1. The summed E-state index contributed by atoms with van der Waals surface area (Å²) in [5, 5.41) is 4.77. The number of para-hydroxylation sites is 2. The molecule has 3 nitrogen and oxygen atoms in total. The van der Waals surface area contributed by atoms with Gasteiger partial charge in [-0.05, 0) is 109 Å². The van der Waals surface area contributed by atoms with Gasteiger partial charge in [0.25, 0.3) is 0 Å². The van der Waals surface area contributed by atoms with Crippen molar-refractivity contribution < 1.29 is 4.42 Å². The molecular formula is C52H42N2O. The maximum absolute atomic E-state index is 7.01. The quantitative estimate of drug-likeness (QED) is 0.171. The molecule has 2 heterocycles. The first-order chi connectivity index (χ1) is 27.1. The Hall–Kier alpha value is -6.32. The molecule has 266 valence electrons. The normalized spacial score (nSPS) is 14.2. The van der Waals surface area contributed by atoms with Crippen LogP contribution in [-0.4, -0.2) is 4.57 Å². The van der Waals surface area contributed by atoms with Gasteiger partial charge in [0.05, 0.1) is 27.8 Å². The van der Waals surface area contributed by atoms with E-state index in [1.54, 1.807) is 0 Å². The predicted molar refractivity (Wildman–Crippen MR) is 232 cm³/mol. The molecule has 0 saturated heterocycles. The summed E-state index contributed by atoms with van der Waals surface area (Å²) in [4.78, 5) is 2.49. The predicted octanol–water partition coefficient (Wildman–Crippen LogP) is 14.5. The highest BCUT2D eigenvalue weighted by atomic mass is 16.3. The number of hydrogen-bond acceptors (Lipinski definition) is 2. The maximum Gasteiger partial charge on any atom is 0.145 e. The monoisotopic (exact) mass is 710 g/mol. The summed E-state index contributed by atoms with van der Waals surface area (Å²) in [7, 11) is 0. The standard InChI is InChI=1S/C52H42N2O/c1-4-52(5-2)42-21-11-8-19-39(42)49-43(52)32-47(50-40-20-10-13-24-48(40)55-51(49)50)53(35-27-25-33(3)26-28-35)36-29-30-46-41(31-36)38-18-9-12-22-45(38)54(46)44-23-14-16-34-15-6-7-17-37(34)44/h7-14,16-32H,4-6,15H2,1-3H3. The number of rotatable bonds is 6. The van der Waals surface area contributed by atoms with Crippen molar-refractivity contribution >= 4 is 66.9 Å². The number of benzene rings is 7. The first kappa shape index (κ1) is 32.1. The third kappa shape index (κ3) is 4.50. The highest BCUT2D eigenvalue weighted by Gasteiger charge is 2.43. The molecule has 55 heavy (non-hydrogen) atoms. The van der Waals surface area contributed by atoms with Crippen LogP contribution in [0.15, 0.2) is 150 Å². The number of nitrogens with zero attached hydrogens (tertiary/aromatic N) is 2. The first-order valence-corrected chi connectivity index (χ1v) is 19.9. The lowest BCUT2D eigenvalue weighted by Crippen LogP contribution is -2.23. The van der Waals surface area contributed by atoms with Gasteiger partial charge >= 0.3 is 0 Å². The molecule has 7 aromatic carbocycles. The number of aromatic nitrogens is 1. The van der Waals surface area contributed by atoms with Gasteiger partial charge in [-0.25, -0.2) is 0 Å². The molecule has 2 aromatic heterocycles. The highest BCUT2D eigenvalue weighted by molar-refractivity contribution is 6.19. The van der Waals surface area contributed by atoms with Gasteiger partial charge in [0.15, 0.2) is 0 Å². The summed E-state index contributed by atoms with van der Waals surface area (Å²) in [5.74, 6) is 0. The molecule has 0 spiro atoms. The van der Waals surface area contributed by atoms with E-state index in [0.717, 1.165) is 64.7 Å². The van der Waals surface area contributed by atoms with Crippen molar-refractivity contribution in [3.63, 3.8) is 0 Å². The van der Waals surface area contributed by atoms with Gasteiger partial charge < -0.3 is 13.9 Å². The number of anilines is 3. The zero-order valence-corrected chi connectivity index (χ0v) is 31.6. The summed E-state index contributed by atoms with van der Waals surface area (Å²) in [5.41, 5.74) is 18.1. The van der Waals surface area contributed by atoms with E-state index < -0.39 is 0 Å². The highest BCUT2D eigenvalue weighted by Crippen LogP contribution is 2.58. The van der Waals surface area contributed by atoms with E-state index in [1.165, 1.54) is 66.4 Å². The van der Waals surface area contributed by atoms with E-state index in [1.807, 2.05) is 0 Å². The van der Waals surface area contributed by atoms with Gasteiger partial charge in [0.2, 0.25) is 0 Å². The van der Waals surface area contributed by atoms with Crippen molar-refractivity contribution in [2.24, 2.45) is 0 Å². The molecule has 0 saturated carbocycles. The van der Waals surface area contributed by atoms with Crippen LogP contribution in [0.3, 0.4) is 0 Å². The molecule has 9 aromatic rings. The van der Waals surface area contributed by atoms with Crippen molar-refractivity contribution in [2.45, 2.75) is 51.9 Å². The van der Waals surface area contributed by atoms with Crippen LogP contribution in [0.4, 0.5) is 17.1 Å². The summed E-state index contributed by atoms with van der Waals surface area (Å²) in [6.07, 6.45) is 8.82. The molecule has 0 bridgehead atoms. The minimum Gasteiger partial charge on any atom is -0.455 e. The summed E-state index contributed by atoms with van der Waals surface area (Å²) < 4.78 is 9.48. The van der Waals surface area contributed by atoms with Crippen molar-refractivity contribution in [1.82, 2.24) is 4.57 Å². The second-order valence-corrected chi connectivity index (χ2v) is 15.5. The van der Waals surface area contributed by atoms with Crippen LogP contribution >= 0.6 is 0 Å². The fourth-order valence-corrected chi connectivity index (χ4v) is 10.1. The van der Waals surface area contributed by atoms with Crippen LogP contribution in [0.25, 0.3) is 66.6 Å². The Morgan fingerprint density at radius 3 is 2.27 bits per heavy atom. The summed E-state index contributed by atoms with van der Waals surface area (Å²) in [6, 6.07) is 51.9. The van der Waals surface area contributed by atoms with Crippen molar-refractivity contribution in [3.05, 3.63) is 173 Å². The number of allylic oxidation sites excluding steroid dienone is 1. The third-order valence-electron chi connectivity index (χ3n) is 12.8. The largest absolute Gasteiger partial charge is 0.455 e. The molecule has 11 rings (SSSR count). The molecule has 0 amide bonds. The molecule has 0 atom stereocenters. The minimum atomic E-state index is -0.118. The molecule has 0 fully saturated rings. The van der Waals surface area contributed by atoms with E-state index in [-0.39, 0.29) is 5.41 Å². The van der Waals surface area contributed by atoms with Crippen LogP contribution in [-0.2, 0) is 11.8 Å². The summed E-state index contributed by atoms with van der Waals surface area (Å²) in [6.45, 7) is 6.86. The van der Waals surface area contributed by atoms with Crippen molar-refractivity contribution in [2.75, 3.05) is 4.90 Å². The second-order valence-electron chi connectivity index (χ2n) is 15.5. The Kier molecular flexibility index (Phi) is 7.07. The average Bonchev–Trinajstić information content (AvgIpc) is 3.88. The Balaban J connectivity index is 1.23. The van der Waals surface area contributed by atoms with E-state index >= 15 is 0 Å². The molecule has 0 radical (unpaired) electrons. The minimum absolute atomic E-state index is 0.118. The Labute approximate surface area is 321 Å². The van der Waals surface area contributed by atoms with E-state index in [0.29, 0.717) is 0 Å². The van der Waals surface area contributed by atoms with Crippen LogP contribution < -0.4 is 4.90 Å². The molecule has 0 unspecified atom stereocenters. The average molecular weight is 711 g/mol. The van der Waals surface area contributed by atoms with Crippen LogP contribution in [0.5, 0.6) is 0 Å². The Morgan fingerprint density at radius 2 is 1.42 bits per heavy atom. The SMILES string of the molecule is CCC1(CC)c2ccccc2-c2c1cc(N(c1ccc(C)cc1)c1ccc3c(c1)c1ccccc1n3-c1cccc3c1C=CCC3)c1c2oc2ccccc21. The van der Waals surface area contributed by atoms with Crippen molar-refractivity contribution in [3.8, 4) is 16.8 Å². The van der Waals surface area contributed by atoms with Crippen LogP contribution in [0.2, 0.25) is 0 Å². The van der Waals surface area contributed by atoms with E-state index in [2.05, 4.69) is 182 Å². The van der Waals surface area contributed by atoms with Crippen LogP contribution in [0, 0.1) is 6.92 Å². The fourth-order valence-electron chi connectivity index (χ4n) is 10.1. The lowest BCUT2D eigenvalue weighted by Gasteiger charge is -2.32. The Morgan fingerprint density at radius 1 is 0.673 bits per heavy atom. The molecule has 0 aliphatic heterocycles. The smallest absolute Gasteiger partial charge is 0.145 e. The van der Waals surface area contributed by atoms with E-state index in [9.17, 15) is 0 Å². The maximum atomic E-state index is 7.01. The van der Waals surface area contributed by atoms with Gasteiger partial charge in [-0.3, -0.25) is 0 Å². The van der Waals surface area contributed by atoms with Gasteiger partial charge in [-0.15, -0.1) is 0 Å². The topological polar surface area (TPSA) is 21.3 Å². The van der Waals surface area contributed by atoms with Gasteiger partial charge in [0, 0.05) is 44.1 Å². The van der Waals surface area contributed by atoms with Gasteiger partial charge in [-0.1, -0.05) is 116 Å². The summed E-state index contributed by atoms with van der Waals surface area (Å²) >= 11 is 0. The van der Waals surface area contributed by atoms with Gasteiger partial charge in [0.1, 0.15) is 11.2 Å². The lowest BCUT2D eigenvalue weighted by atomic mass is 9.73. The van der Waals surface area contributed by atoms with E-state index in [4.69, 9.17) is 4.42 Å². The molecule has 0 N–H and O–H groups in total. The lowest BCUT2D eigenvalue weighted by molar-refractivity contribution is 0.490. The molecule has 3 heteroatoms. The molecule has 2 aliphatic carbocycles. The third-order valence-corrected chi connectivity index (χ3v) is 12.8. The molecular weight excluding hydrogens is 669 g/mol.